The van der Waals surface area contributed by atoms with Crippen LogP contribution in [0.3, 0.4) is 0 Å². The summed E-state index contributed by atoms with van der Waals surface area (Å²) in [5.41, 5.74) is 0.474. The summed E-state index contributed by atoms with van der Waals surface area (Å²) in [7, 11) is 1.53. The summed E-state index contributed by atoms with van der Waals surface area (Å²) in [6, 6.07) is 14.3. The lowest BCUT2D eigenvalue weighted by Gasteiger charge is -2.21. The normalized spacial score (nSPS) is 10.5. The van der Waals surface area contributed by atoms with Gasteiger partial charge in [0.05, 0.1) is 32.6 Å². The van der Waals surface area contributed by atoms with Gasteiger partial charge < -0.3 is 0 Å². The molecule has 0 bridgehead atoms. The van der Waals surface area contributed by atoms with E-state index in [1.807, 2.05) is 30.3 Å². The maximum absolute atomic E-state index is 11.4. The van der Waals surface area contributed by atoms with Crippen molar-refractivity contribution in [3.8, 4) is 0 Å². The Bertz CT molecular complexity index is 1080. The quantitative estimate of drug-likeness (QED) is 0.496. The second-order valence-electron chi connectivity index (χ2n) is 5.83. The molecule has 3 aromatic carbocycles. The van der Waals surface area contributed by atoms with E-state index in [0.29, 0.717) is 17.8 Å². The average molecular weight is 383 g/mol. The smallest absolute Gasteiger partial charge is 0.291 e. The third kappa shape index (κ3) is 3.49. The molecule has 0 fully saturated rings. The van der Waals surface area contributed by atoms with Gasteiger partial charge in [-0.3, -0.25) is 40.8 Å². The first-order chi connectivity index (χ1) is 13.3. The minimum absolute atomic E-state index is 0.448. The monoisotopic (exact) mass is 383 g/mol. The molecule has 142 valence electrons. The van der Waals surface area contributed by atoms with Gasteiger partial charge in [-0.1, -0.05) is 30.3 Å². The number of fused-ring (bicyclic) bond motifs is 1. The Morgan fingerprint density at radius 3 is 1.89 bits per heavy atom. The number of nitro groups is 3. The standard InChI is InChI=1S/C17H13N5O6/c1-19(13-7-6-11-4-2-3-5-12(11)8-13)18-17-15(21(25)26)9-14(20(23)24)10-16(17)22(27)28/h2-10,18H,1H3. The topological polar surface area (TPSA) is 145 Å². The van der Waals surface area contributed by atoms with Gasteiger partial charge in [-0.05, 0) is 22.9 Å². The largest absolute Gasteiger partial charge is 0.308 e. The van der Waals surface area contributed by atoms with Gasteiger partial charge in [-0.15, -0.1) is 0 Å². The number of hydrogen-bond donors (Lipinski definition) is 1. The molecule has 3 aromatic rings. The molecule has 0 aromatic heterocycles. The summed E-state index contributed by atoms with van der Waals surface area (Å²) in [4.78, 5) is 31.0. The van der Waals surface area contributed by atoms with Crippen LogP contribution in [0.25, 0.3) is 10.8 Å². The third-order valence-electron chi connectivity index (χ3n) is 4.09. The van der Waals surface area contributed by atoms with Gasteiger partial charge in [0, 0.05) is 7.05 Å². The molecule has 11 nitrogen and oxygen atoms in total. The number of nitrogens with zero attached hydrogens (tertiary/aromatic N) is 4. The second kappa shape index (κ2) is 7.15. The van der Waals surface area contributed by atoms with Gasteiger partial charge in [-0.2, -0.15) is 0 Å². The van der Waals surface area contributed by atoms with E-state index in [4.69, 9.17) is 0 Å². The highest BCUT2D eigenvalue weighted by atomic mass is 16.6. The highest BCUT2D eigenvalue weighted by Gasteiger charge is 2.31. The Morgan fingerprint density at radius 2 is 1.36 bits per heavy atom. The molecular weight excluding hydrogens is 370 g/mol. The Kier molecular flexibility index (Phi) is 4.73. The first-order valence-electron chi connectivity index (χ1n) is 7.88. The zero-order valence-corrected chi connectivity index (χ0v) is 14.4. The highest BCUT2D eigenvalue weighted by molar-refractivity contribution is 5.86. The van der Waals surface area contributed by atoms with Crippen LogP contribution >= 0.6 is 0 Å². The van der Waals surface area contributed by atoms with Crippen LogP contribution in [0.4, 0.5) is 28.4 Å². The van der Waals surface area contributed by atoms with Crippen LogP contribution < -0.4 is 10.4 Å². The Balaban J connectivity index is 2.07. The van der Waals surface area contributed by atoms with Gasteiger partial charge >= 0.3 is 11.4 Å². The molecule has 0 saturated carbocycles. The average Bonchev–Trinajstić information content (AvgIpc) is 2.66. The van der Waals surface area contributed by atoms with Gasteiger partial charge in [-0.25, -0.2) is 0 Å². The van der Waals surface area contributed by atoms with Crippen molar-refractivity contribution in [2.75, 3.05) is 17.5 Å². The fraction of sp³-hybridized carbons (Fsp3) is 0.0588. The molecular formula is C17H13N5O6. The Morgan fingerprint density at radius 1 is 0.786 bits per heavy atom. The van der Waals surface area contributed by atoms with Gasteiger partial charge in [0.2, 0.25) is 5.69 Å². The molecule has 0 spiro atoms. The van der Waals surface area contributed by atoms with Crippen molar-refractivity contribution < 1.29 is 14.8 Å². The zero-order valence-electron chi connectivity index (χ0n) is 14.4. The molecule has 1 N–H and O–H groups in total. The summed E-state index contributed by atoms with van der Waals surface area (Å²) < 4.78 is 0. The molecule has 0 heterocycles. The fourth-order valence-electron chi connectivity index (χ4n) is 2.72. The lowest BCUT2D eigenvalue weighted by molar-refractivity contribution is -0.401. The molecule has 28 heavy (non-hydrogen) atoms. The van der Waals surface area contributed by atoms with Crippen LogP contribution in [0.1, 0.15) is 0 Å². The first kappa shape index (κ1) is 18.5. The number of hydrogen-bond acceptors (Lipinski definition) is 8. The lowest BCUT2D eigenvalue weighted by atomic mass is 10.1. The molecule has 0 saturated heterocycles. The number of rotatable bonds is 6. The highest BCUT2D eigenvalue weighted by Crippen LogP contribution is 2.39. The molecule has 0 aliphatic heterocycles. The number of benzene rings is 3. The van der Waals surface area contributed by atoms with E-state index in [-0.39, 0.29) is 0 Å². The number of nitrogens with one attached hydrogen (secondary N) is 1. The van der Waals surface area contributed by atoms with Crippen molar-refractivity contribution in [3.05, 3.63) is 84.9 Å². The van der Waals surface area contributed by atoms with Crippen molar-refractivity contribution in [2.24, 2.45) is 0 Å². The van der Waals surface area contributed by atoms with Crippen molar-refractivity contribution in [1.29, 1.82) is 0 Å². The zero-order chi connectivity index (χ0) is 20.4. The summed E-state index contributed by atoms with van der Waals surface area (Å²) in [5.74, 6) is 0. The molecule has 3 rings (SSSR count). The lowest BCUT2D eigenvalue weighted by Crippen LogP contribution is -2.25. The van der Waals surface area contributed by atoms with Crippen LogP contribution in [0, 0.1) is 30.3 Å². The van der Waals surface area contributed by atoms with E-state index >= 15 is 0 Å². The molecule has 0 aliphatic carbocycles. The van der Waals surface area contributed by atoms with E-state index in [1.54, 1.807) is 12.1 Å². The van der Waals surface area contributed by atoms with Crippen molar-refractivity contribution in [3.63, 3.8) is 0 Å². The Labute approximate surface area is 157 Å². The van der Waals surface area contributed by atoms with Crippen LogP contribution in [-0.4, -0.2) is 21.8 Å². The van der Waals surface area contributed by atoms with E-state index < -0.39 is 37.5 Å². The molecule has 11 heteroatoms. The van der Waals surface area contributed by atoms with E-state index in [0.717, 1.165) is 10.8 Å². The van der Waals surface area contributed by atoms with Gasteiger partial charge in [0.15, 0.2) is 0 Å². The number of non-ortho nitro benzene ring substituents is 1. The van der Waals surface area contributed by atoms with E-state index in [2.05, 4.69) is 5.43 Å². The molecule has 0 amide bonds. The minimum Gasteiger partial charge on any atom is -0.291 e. The maximum atomic E-state index is 11.4. The number of hydrazine groups is 1. The van der Waals surface area contributed by atoms with E-state index in [1.165, 1.54) is 12.1 Å². The predicted molar refractivity (Wildman–Crippen MR) is 102 cm³/mol. The van der Waals surface area contributed by atoms with Crippen LogP contribution in [0.5, 0.6) is 0 Å². The summed E-state index contributed by atoms with van der Waals surface area (Å²) in [6.45, 7) is 0. The maximum Gasteiger partial charge on any atom is 0.308 e. The van der Waals surface area contributed by atoms with Crippen LogP contribution in [-0.2, 0) is 0 Å². The van der Waals surface area contributed by atoms with E-state index in [9.17, 15) is 30.3 Å². The SMILES string of the molecule is CN(Nc1c([N+](=O)[O-])cc([N+](=O)[O-])cc1[N+](=O)[O-])c1ccc2ccccc2c1. The molecule has 0 atom stereocenters. The molecule has 0 radical (unpaired) electrons. The second-order valence-corrected chi connectivity index (χ2v) is 5.83. The first-order valence-corrected chi connectivity index (χ1v) is 7.88. The number of anilines is 2. The molecule has 0 aliphatic rings. The Hall–Kier alpha value is -4.28. The predicted octanol–water partition coefficient (Wildman–Crippen LogP) is 4.03. The third-order valence-corrected chi connectivity index (χ3v) is 4.09. The van der Waals surface area contributed by atoms with Crippen molar-refractivity contribution >= 4 is 39.2 Å². The van der Waals surface area contributed by atoms with Crippen molar-refractivity contribution in [2.45, 2.75) is 0 Å². The van der Waals surface area contributed by atoms with Gasteiger partial charge in [0.1, 0.15) is 0 Å². The molecule has 0 unspecified atom stereocenters. The van der Waals surface area contributed by atoms with Crippen molar-refractivity contribution in [1.82, 2.24) is 0 Å². The summed E-state index contributed by atoms with van der Waals surface area (Å²) in [6.07, 6.45) is 0. The van der Waals surface area contributed by atoms with Crippen LogP contribution in [0.2, 0.25) is 0 Å². The van der Waals surface area contributed by atoms with Gasteiger partial charge in [0.25, 0.3) is 5.69 Å². The summed E-state index contributed by atoms with van der Waals surface area (Å²) >= 11 is 0. The minimum atomic E-state index is -0.920. The fourth-order valence-corrected chi connectivity index (χ4v) is 2.72. The number of nitro benzene ring substituents is 3. The van der Waals surface area contributed by atoms with Crippen LogP contribution in [0.15, 0.2) is 54.6 Å². The summed E-state index contributed by atoms with van der Waals surface area (Å²) in [5, 5.41) is 36.9.